The number of hydrogen-bond donors (Lipinski definition) is 1. The quantitative estimate of drug-likeness (QED) is 0.894. The third kappa shape index (κ3) is 3.05. The molecule has 1 atom stereocenters. The molecule has 100 valence electrons. The van der Waals surface area contributed by atoms with Crippen LogP contribution in [0.2, 0.25) is 5.02 Å². The summed E-state index contributed by atoms with van der Waals surface area (Å²) >= 11 is 6.10. The molecule has 18 heavy (non-hydrogen) atoms. The van der Waals surface area contributed by atoms with Crippen LogP contribution in [0.25, 0.3) is 0 Å². The Balaban J connectivity index is 2.13. The van der Waals surface area contributed by atoms with E-state index >= 15 is 0 Å². The Morgan fingerprint density at radius 2 is 2.17 bits per heavy atom. The van der Waals surface area contributed by atoms with Gasteiger partial charge in [0.05, 0.1) is 17.9 Å². The number of hydrogen-bond acceptors (Lipinski definition) is 3. The highest BCUT2D eigenvalue weighted by molar-refractivity contribution is 6.32. The Labute approximate surface area is 112 Å². The van der Waals surface area contributed by atoms with Crippen LogP contribution in [-0.4, -0.2) is 15.8 Å². The van der Waals surface area contributed by atoms with Crippen LogP contribution in [0.15, 0.2) is 11.0 Å². The smallest absolute Gasteiger partial charge is 0.287 e. The Hall–Kier alpha value is -1.03. The first-order valence-corrected chi connectivity index (χ1v) is 6.90. The van der Waals surface area contributed by atoms with Crippen molar-refractivity contribution in [3.05, 3.63) is 21.6 Å². The van der Waals surface area contributed by atoms with Crippen molar-refractivity contribution >= 4 is 17.3 Å². The average molecular weight is 270 g/mol. The first kappa shape index (κ1) is 13.4. The number of anilines is 1. The molecule has 1 aromatic rings. The van der Waals surface area contributed by atoms with E-state index in [4.69, 9.17) is 11.6 Å². The fourth-order valence-electron chi connectivity index (χ4n) is 2.09. The summed E-state index contributed by atoms with van der Waals surface area (Å²) in [4.78, 5) is 12.0. The second-order valence-corrected chi connectivity index (χ2v) is 5.82. The van der Waals surface area contributed by atoms with Gasteiger partial charge in [-0.1, -0.05) is 24.4 Å². The van der Waals surface area contributed by atoms with E-state index in [9.17, 15) is 4.79 Å². The fraction of sp³-hybridized carbons (Fsp3) is 0.692. The van der Waals surface area contributed by atoms with Crippen LogP contribution < -0.4 is 10.9 Å². The highest BCUT2D eigenvalue weighted by Crippen LogP contribution is 2.34. The minimum atomic E-state index is -0.227. The van der Waals surface area contributed by atoms with E-state index in [-0.39, 0.29) is 16.6 Å². The van der Waals surface area contributed by atoms with Crippen LogP contribution in [0.3, 0.4) is 0 Å². The maximum Gasteiger partial charge on any atom is 0.287 e. The molecule has 5 heteroatoms. The van der Waals surface area contributed by atoms with E-state index in [2.05, 4.69) is 17.3 Å². The summed E-state index contributed by atoms with van der Waals surface area (Å²) in [5, 5.41) is 7.66. The van der Waals surface area contributed by atoms with Crippen molar-refractivity contribution in [2.75, 3.05) is 5.32 Å². The van der Waals surface area contributed by atoms with Gasteiger partial charge in [0.25, 0.3) is 5.56 Å². The summed E-state index contributed by atoms with van der Waals surface area (Å²) in [6.07, 6.45) is 5.43. The van der Waals surface area contributed by atoms with Gasteiger partial charge in [-0.2, -0.15) is 5.10 Å². The summed E-state index contributed by atoms with van der Waals surface area (Å²) < 4.78 is 1.40. The number of halogens is 1. The fourth-order valence-corrected chi connectivity index (χ4v) is 2.28. The maximum atomic E-state index is 12.0. The van der Waals surface area contributed by atoms with Crippen molar-refractivity contribution in [1.82, 2.24) is 9.78 Å². The van der Waals surface area contributed by atoms with E-state index in [1.54, 1.807) is 6.20 Å². The van der Waals surface area contributed by atoms with Crippen molar-refractivity contribution in [3.63, 3.8) is 0 Å². The molecule has 1 fully saturated rings. The van der Waals surface area contributed by atoms with E-state index in [0.29, 0.717) is 11.7 Å². The van der Waals surface area contributed by atoms with Crippen molar-refractivity contribution in [2.24, 2.45) is 5.92 Å². The van der Waals surface area contributed by atoms with Gasteiger partial charge < -0.3 is 5.32 Å². The van der Waals surface area contributed by atoms with Gasteiger partial charge in [-0.25, -0.2) is 4.68 Å². The van der Waals surface area contributed by atoms with Gasteiger partial charge in [0.1, 0.15) is 5.02 Å². The minimum absolute atomic E-state index is 0.0212. The van der Waals surface area contributed by atoms with Crippen LogP contribution in [0.1, 0.15) is 46.1 Å². The van der Waals surface area contributed by atoms with Crippen molar-refractivity contribution in [2.45, 2.75) is 52.1 Å². The number of nitrogens with zero attached hydrogens (tertiary/aromatic N) is 2. The molecule has 1 N–H and O–H groups in total. The molecule has 4 nitrogen and oxygen atoms in total. The Morgan fingerprint density at radius 1 is 1.50 bits per heavy atom. The van der Waals surface area contributed by atoms with Gasteiger partial charge in [-0.3, -0.25) is 4.79 Å². The Bertz CT molecular complexity index is 480. The second kappa shape index (κ2) is 5.31. The van der Waals surface area contributed by atoms with E-state index in [1.165, 1.54) is 17.5 Å². The lowest BCUT2D eigenvalue weighted by Gasteiger charge is -2.17. The summed E-state index contributed by atoms with van der Waals surface area (Å²) in [5.41, 5.74) is 0.419. The minimum Gasteiger partial charge on any atom is -0.380 e. The summed E-state index contributed by atoms with van der Waals surface area (Å²) in [5.74, 6) is 0.843. The molecule has 1 saturated carbocycles. The van der Waals surface area contributed by atoms with Crippen molar-refractivity contribution < 1.29 is 0 Å². The molecule has 0 amide bonds. The van der Waals surface area contributed by atoms with Crippen LogP contribution in [0.5, 0.6) is 0 Å². The number of rotatable bonds is 5. The average Bonchev–Trinajstić information content (AvgIpc) is 3.08. The van der Waals surface area contributed by atoms with Gasteiger partial charge in [0.2, 0.25) is 0 Å². The predicted octanol–water partition coefficient (Wildman–Crippen LogP) is 3.08. The molecule has 1 aliphatic carbocycles. The zero-order valence-electron chi connectivity index (χ0n) is 11.1. The monoisotopic (exact) mass is 269 g/mol. The SMILES string of the molecule is CC(CC1CC1)Nc1cnn(C(C)C)c(=O)c1Cl. The summed E-state index contributed by atoms with van der Waals surface area (Å²) in [6.45, 7) is 5.93. The van der Waals surface area contributed by atoms with Gasteiger partial charge in [-0.05, 0) is 33.1 Å². The lowest BCUT2D eigenvalue weighted by Crippen LogP contribution is -2.27. The second-order valence-electron chi connectivity index (χ2n) is 5.44. The molecule has 0 aliphatic heterocycles. The summed E-state index contributed by atoms with van der Waals surface area (Å²) in [7, 11) is 0. The summed E-state index contributed by atoms with van der Waals surface area (Å²) in [6, 6.07) is 0.346. The van der Waals surface area contributed by atoms with Gasteiger partial charge in [-0.15, -0.1) is 0 Å². The first-order valence-electron chi connectivity index (χ1n) is 6.53. The number of nitrogens with one attached hydrogen (secondary N) is 1. The van der Waals surface area contributed by atoms with Crippen LogP contribution in [0.4, 0.5) is 5.69 Å². The molecule has 1 aromatic heterocycles. The van der Waals surface area contributed by atoms with Crippen LogP contribution >= 0.6 is 11.6 Å². The topological polar surface area (TPSA) is 46.9 Å². The lowest BCUT2D eigenvalue weighted by atomic mass is 10.1. The largest absolute Gasteiger partial charge is 0.380 e. The molecule has 0 saturated heterocycles. The molecule has 0 bridgehead atoms. The Morgan fingerprint density at radius 3 is 2.72 bits per heavy atom. The zero-order chi connectivity index (χ0) is 13.3. The molecule has 0 radical (unpaired) electrons. The lowest BCUT2D eigenvalue weighted by molar-refractivity contribution is 0.502. The Kier molecular flexibility index (Phi) is 3.95. The third-order valence-corrected chi connectivity index (χ3v) is 3.58. The first-order chi connectivity index (χ1) is 8.49. The molecule has 1 unspecified atom stereocenters. The van der Waals surface area contributed by atoms with Gasteiger partial charge in [0, 0.05) is 6.04 Å². The van der Waals surface area contributed by atoms with Crippen LogP contribution in [-0.2, 0) is 0 Å². The maximum absolute atomic E-state index is 12.0. The zero-order valence-corrected chi connectivity index (χ0v) is 11.9. The van der Waals surface area contributed by atoms with Crippen LogP contribution in [0, 0.1) is 5.92 Å². The standard InChI is InChI=1S/C13H20ClN3O/c1-8(2)17-13(18)12(14)11(7-15-17)16-9(3)6-10-4-5-10/h7-10,16H,4-6H2,1-3H3. The molecular weight excluding hydrogens is 250 g/mol. The molecule has 2 rings (SSSR count). The third-order valence-electron chi connectivity index (χ3n) is 3.22. The van der Waals surface area contributed by atoms with Gasteiger partial charge >= 0.3 is 0 Å². The van der Waals surface area contributed by atoms with Crippen molar-refractivity contribution in [3.8, 4) is 0 Å². The van der Waals surface area contributed by atoms with E-state index in [1.807, 2.05) is 13.8 Å². The molecule has 1 aliphatic rings. The number of aromatic nitrogens is 2. The molecular formula is C13H20ClN3O. The van der Waals surface area contributed by atoms with E-state index < -0.39 is 0 Å². The predicted molar refractivity (Wildman–Crippen MR) is 74.3 cm³/mol. The molecule has 0 spiro atoms. The van der Waals surface area contributed by atoms with Crippen molar-refractivity contribution in [1.29, 1.82) is 0 Å². The highest BCUT2D eigenvalue weighted by Gasteiger charge is 2.24. The molecule has 1 heterocycles. The van der Waals surface area contributed by atoms with E-state index in [0.717, 1.165) is 12.3 Å². The molecule has 0 aromatic carbocycles. The highest BCUT2D eigenvalue weighted by atomic mass is 35.5. The normalized spacial score (nSPS) is 16.9. The van der Waals surface area contributed by atoms with Gasteiger partial charge in [0.15, 0.2) is 0 Å².